The maximum absolute atomic E-state index is 4.37. The van der Waals surface area contributed by atoms with Crippen molar-refractivity contribution < 1.29 is 0 Å². The van der Waals surface area contributed by atoms with Crippen LogP contribution in [-0.4, -0.2) is 4.98 Å². The van der Waals surface area contributed by atoms with Crippen LogP contribution in [0.3, 0.4) is 0 Å². The van der Waals surface area contributed by atoms with Crippen molar-refractivity contribution in [2.24, 2.45) is 0 Å². The Bertz CT molecular complexity index is 337. The lowest BCUT2D eigenvalue weighted by atomic mass is 10.1. The Morgan fingerprint density at radius 3 is 3.00 bits per heavy atom. The number of hydrogen-bond acceptors (Lipinski definition) is 1. The van der Waals surface area contributed by atoms with Gasteiger partial charge in [-0.3, -0.25) is 4.98 Å². The molecule has 2 rings (SSSR count). The van der Waals surface area contributed by atoms with E-state index < -0.39 is 0 Å². The third kappa shape index (κ3) is 0.970. The fourth-order valence-electron chi connectivity index (χ4n) is 1.84. The second-order valence-electron chi connectivity index (χ2n) is 3.26. The molecule has 1 aromatic rings. The van der Waals surface area contributed by atoms with Gasteiger partial charge in [0.15, 0.2) is 0 Å². The highest BCUT2D eigenvalue weighted by molar-refractivity contribution is 5.73. The van der Waals surface area contributed by atoms with E-state index in [0.717, 1.165) is 12.8 Å². The minimum Gasteiger partial charge on any atom is -0.260 e. The van der Waals surface area contributed by atoms with E-state index in [1.807, 2.05) is 12.3 Å². The molecule has 12 heavy (non-hydrogen) atoms. The molecule has 0 saturated carbocycles. The Morgan fingerprint density at radius 2 is 2.33 bits per heavy atom. The summed E-state index contributed by atoms with van der Waals surface area (Å²) in [5.74, 6) is 0. The van der Waals surface area contributed by atoms with Crippen molar-refractivity contribution in [2.45, 2.75) is 26.7 Å². The molecule has 0 bridgehead atoms. The third-order valence-electron chi connectivity index (χ3n) is 2.63. The van der Waals surface area contributed by atoms with Gasteiger partial charge in [0.25, 0.3) is 0 Å². The Balaban J connectivity index is 2.50. The minimum absolute atomic E-state index is 1.07. The zero-order chi connectivity index (χ0) is 8.55. The molecular formula is C11H13N. The molecule has 0 atom stereocenters. The summed E-state index contributed by atoms with van der Waals surface area (Å²) in [6, 6.07) is 4.18. The summed E-state index contributed by atoms with van der Waals surface area (Å²) < 4.78 is 0. The Hall–Kier alpha value is -1.11. The van der Waals surface area contributed by atoms with Gasteiger partial charge in [0.1, 0.15) is 0 Å². The fourth-order valence-corrected chi connectivity index (χ4v) is 1.84. The molecule has 0 saturated heterocycles. The molecule has 1 heterocycles. The van der Waals surface area contributed by atoms with Crippen LogP contribution in [0, 0.1) is 0 Å². The van der Waals surface area contributed by atoms with Crippen LogP contribution in [0.15, 0.2) is 23.9 Å². The maximum Gasteiger partial charge on any atom is 0.0519 e. The zero-order valence-electron chi connectivity index (χ0n) is 7.59. The molecular weight excluding hydrogens is 146 g/mol. The van der Waals surface area contributed by atoms with Crippen LogP contribution in [0.5, 0.6) is 0 Å². The summed E-state index contributed by atoms with van der Waals surface area (Å²) in [4.78, 5) is 4.37. The van der Waals surface area contributed by atoms with Gasteiger partial charge < -0.3 is 0 Å². The first-order chi connectivity index (χ1) is 5.83. The highest BCUT2D eigenvalue weighted by Crippen LogP contribution is 2.31. The summed E-state index contributed by atoms with van der Waals surface area (Å²) in [5, 5.41) is 0. The number of rotatable bonds is 1. The number of aromatic nitrogens is 1. The number of nitrogens with zero attached hydrogens (tertiary/aromatic N) is 1. The molecule has 1 aliphatic rings. The van der Waals surface area contributed by atoms with Crippen molar-refractivity contribution in [1.29, 1.82) is 0 Å². The van der Waals surface area contributed by atoms with E-state index in [-0.39, 0.29) is 0 Å². The molecule has 62 valence electrons. The molecule has 0 spiro atoms. The summed E-state index contributed by atoms with van der Waals surface area (Å²) in [5.41, 5.74) is 5.60. The van der Waals surface area contributed by atoms with Gasteiger partial charge in [-0.2, -0.15) is 0 Å². The molecule has 0 unspecified atom stereocenters. The highest BCUT2D eigenvalue weighted by atomic mass is 14.7. The maximum atomic E-state index is 4.37. The smallest absolute Gasteiger partial charge is 0.0519 e. The van der Waals surface area contributed by atoms with Gasteiger partial charge >= 0.3 is 0 Å². The van der Waals surface area contributed by atoms with Crippen molar-refractivity contribution in [3.8, 4) is 0 Å². The van der Waals surface area contributed by atoms with E-state index in [4.69, 9.17) is 0 Å². The van der Waals surface area contributed by atoms with Crippen molar-refractivity contribution >= 4 is 5.57 Å². The number of hydrogen-bond donors (Lipinski definition) is 0. The molecule has 0 aromatic carbocycles. The molecule has 0 N–H and O–H groups in total. The first-order valence-electron chi connectivity index (χ1n) is 4.45. The summed E-state index contributed by atoms with van der Waals surface area (Å²) in [6.45, 7) is 4.41. The van der Waals surface area contributed by atoms with Crippen LogP contribution >= 0.6 is 0 Å². The molecule has 0 amide bonds. The predicted octanol–water partition coefficient (Wildman–Crippen LogP) is 2.82. The Kier molecular flexibility index (Phi) is 1.72. The van der Waals surface area contributed by atoms with Crippen molar-refractivity contribution in [3.63, 3.8) is 0 Å². The van der Waals surface area contributed by atoms with Crippen molar-refractivity contribution in [3.05, 3.63) is 35.2 Å². The number of allylic oxidation sites excluding steroid dienone is 2. The molecule has 1 nitrogen and oxygen atoms in total. The average Bonchev–Trinajstić information content (AvgIpc) is 2.44. The van der Waals surface area contributed by atoms with Gasteiger partial charge in [0.05, 0.1) is 5.69 Å². The van der Waals surface area contributed by atoms with Gasteiger partial charge in [-0.1, -0.05) is 18.6 Å². The van der Waals surface area contributed by atoms with Gasteiger partial charge in [0.2, 0.25) is 0 Å². The first kappa shape index (κ1) is 7.53. The van der Waals surface area contributed by atoms with Crippen LogP contribution in [0.25, 0.3) is 5.57 Å². The lowest BCUT2D eigenvalue weighted by molar-refractivity contribution is 0.996. The first-order valence-corrected chi connectivity index (χ1v) is 4.45. The van der Waals surface area contributed by atoms with E-state index in [2.05, 4.69) is 24.9 Å². The second kappa shape index (κ2) is 2.74. The van der Waals surface area contributed by atoms with Gasteiger partial charge in [-0.05, 0) is 30.5 Å². The second-order valence-corrected chi connectivity index (χ2v) is 3.26. The number of pyridine rings is 1. The quantitative estimate of drug-likeness (QED) is 0.614. The molecule has 1 aromatic heterocycles. The van der Waals surface area contributed by atoms with Gasteiger partial charge in [-0.15, -0.1) is 0 Å². The average molecular weight is 159 g/mol. The van der Waals surface area contributed by atoms with Crippen LogP contribution in [0.2, 0.25) is 0 Å². The van der Waals surface area contributed by atoms with E-state index >= 15 is 0 Å². The van der Waals surface area contributed by atoms with Crippen LogP contribution in [0.1, 0.15) is 31.5 Å². The SMILES string of the molecule is CCC1=C(C)c2cccnc2C1. The summed E-state index contributed by atoms with van der Waals surface area (Å²) in [6.07, 6.45) is 4.10. The standard InChI is InChI=1S/C11H13N/c1-3-9-7-11-10(8(9)2)5-4-6-12-11/h4-6H,3,7H2,1-2H3. The monoisotopic (exact) mass is 159 g/mol. The number of fused-ring (bicyclic) bond motifs is 1. The van der Waals surface area contributed by atoms with Gasteiger partial charge in [-0.25, -0.2) is 0 Å². The van der Waals surface area contributed by atoms with Crippen molar-refractivity contribution in [2.75, 3.05) is 0 Å². The third-order valence-corrected chi connectivity index (χ3v) is 2.63. The molecule has 1 aliphatic carbocycles. The normalized spacial score (nSPS) is 15.2. The van der Waals surface area contributed by atoms with Crippen molar-refractivity contribution in [1.82, 2.24) is 4.98 Å². The molecule has 0 radical (unpaired) electrons. The summed E-state index contributed by atoms with van der Waals surface area (Å²) >= 11 is 0. The van der Waals surface area contributed by atoms with Crippen LogP contribution in [-0.2, 0) is 6.42 Å². The molecule has 0 aliphatic heterocycles. The minimum atomic E-state index is 1.07. The van der Waals surface area contributed by atoms with E-state index in [1.54, 1.807) is 5.57 Å². The van der Waals surface area contributed by atoms with Crippen LogP contribution in [0.4, 0.5) is 0 Å². The van der Waals surface area contributed by atoms with Crippen LogP contribution < -0.4 is 0 Å². The topological polar surface area (TPSA) is 12.9 Å². The fraction of sp³-hybridized carbons (Fsp3) is 0.364. The predicted molar refractivity (Wildman–Crippen MR) is 50.8 cm³/mol. The zero-order valence-corrected chi connectivity index (χ0v) is 7.59. The van der Waals surface area contributed by atoms with Gasteiger partial charge in [0, 0.05) is 12.6 Å². The molecule has 1 heteroatoms. The lowest BCUT2D eigenvalue weighted by Gasteiger charge is -1.97. The largest absolute Gasteiger partial charge is 0.260 e. The lowest BCUT2D eigenvalue weighted by Crippen LogP contribution is -1.87. The highest BCUT2D eigenvalue weighted by Gasteiger charge is 2.16. The summed E-state index contributed by atoms with van der Waals surface area (Å²) in [7, 11) is 0. The van der Waals surface area contributed by atoms with E-state index in [9.17, 15) is 0 Å². The Morgan fingerprint density at radius 1 is 1.50 bits per heavy atom. The molecule has 0 fully saturated rings. The van der Waals surface area contributed by atoms with E-state index in [0.29, 0.717) is 0 Å². The van der Waals surface area contributed by atoms with E-state index in [1.165, 1.54) is 16.8 Å². The Labute approximate surface area is 73.1 Å².